The van der Waals surface area contributed by atoms with Gasteiger partial charge in [-0.05, 0) is 48.9 Å². The molecule has 0 aliphatic rings. The molecule has 3 aromatic rings. The van der Waals surface area contributed by atoms with E-state index >= 15 is 0 Å². The van der Waals surface area contributed by atoms with Crippen molar-refractivity contribution in [3.05, 3.63) is 84.4 Å². The van der Waals surface area contributed by atoms with E-state index in [-0.39, 0.29) is 5.91 Å². The molecule has 0 saturated heterocycles. The fourth-order valence-electron chi connectivity index (χ4n) is 2.75. The summed E-state index contributed by atoms with van der Waals surface area (Å²) >= 11 is 0. The number of benzene rings is 3. The van der Waals surface area contributed by atoms with E-state index in [4.69, 9.17) is 14.2 Å². The first-order chi connectivity index (χ1) is 14.1. The van der Waals surface area contributed by atoms with Gasteiger partial charge in [-0.25, -0.2) is 0 Å². The van der Waals surface area contributed by atoms with E-state index in [0.717, 1.165) is 12.2 Å². The van der Waals surface area contributed by atoms with Crippen molar-refractivity contribution in [2.24, 2.45) is 0 Å². The summed E-state index contributed by atoms with van der Waals surface area (Å²) in [5, 5.41) is 2.86. The molecule has 0 aromatic heterocycles. The molecule has 3 rings (SSSR count). The molecule has 1 amide bonds. The lowest BCUT2D eigenvalue weighted by molar-refractivity contribution is -0.122. The second-order valence-corrected chi connectivity index (χ2v) is 6.54. The topological polar surface area (TPSA) is 56.8 Å². The van der Waals surface area contributed by atoms with Gasteiger partial charge in [0, 0.05) is 18.2 Å². The van der Waals surface area contributed by atoms with Crippen LogP contribution in [0.5, 0.6) is 17.2 Å². The predicted octanol–water partition coefficient (Wildman–Crippen LogP) is 4.72. The van der Waals surface area contributed by atoms with Crippen LogP contribution in [0.25, 0.3) is 0 Å². The first-order valence-electron chi connectivity index (χ1n) is 9.52. The summed E-state index contributed by atoms with van der Waals surface area (Å²) < 4.78 is 16.6. The predicted molar refractivity (Wildman–Crippen MR) is 114 cm³/mol. The number of amides is 1. The molecular formula is C24H25NO4. The maximum absolute atomic E-state index is 12.4. The maximum atomic E-state index is 12.4. The standard InChI is InChI=1S/C24H25NO4/c1-18(29-22-13-11-21(27-2)12-14-22)24(26)25-20-9-6-10-23(17-20)28-16-15-19-7-4-3-5-8-19/h3-14,17-18H,15-16H2,1-2H3,(H,25,26). The molecule has 0 spiro atoms. The molecule has 150 valence electrons. The minimum Gasteiger partial charge on any atom is -0.497 e. The molecule has 3 aromatic carbocycles. The number of nitrogens with one attached hydrogen (secondary N) is 1. The maximum Gasteiger partial charge on any atom is 0.265 e. The zero-order valence-corrected chi connectivity index (χ0v) is 16.6. The molecule has 0 aliphatic carbocycles. The van der Waals surface area contributed by atoms with Gasteiger partial charge in [-0.2, -0.15) is 0 Å². The van der Waals surface area contributed by atoms with Gasteiger partial charge < -0.3 is 19.5 Å². The highest BCUT2D eigenvalue weighted by Crippen LogP contribution is 2.20. The number of carbonyl (C=O) groups excluding carboxylic acids is 1. The van der Waals surface area contributed by atoms with E-state index in [2.05, 4.69) is 17.4 Å². The average molecular weight is 391 g/mol. The molecule has 0 saturated carbocycles. The Kier molecular flexibility index (Phi) is 7.11. The smallest absolute Gasteiger partial charge is 0.265 e. The van der Waals surface area contributed by atoms with Gasteiger partial charge in [0.25, 0.3) is 5.91 Å². The Balaban J connectivity index is 1.50. The largest absolute Gasteiger partial charge is 0.497 e. The zero-order chi connectivity index (χ0) is 20.5. The van der Waals surface area contributed by atoms with Crippen molar-refractivity contribution in [3.8, 4) is 17.2 Å². The number of methoxy groups -OCH3 is 1. The Morgan fingerprint density at radius 1 is 0.897 bits per heavy atom. The van der Waals surface area contributed by atoms with Gasteiger partial charge in [0.15, 0.2) is 6.10 Å². The SMILES string of the molecule is COc1ccc(OC(C)C(=O)Nc2cccc(OCCc3ccccc3)c2)cc1. The Labute approximate surface area is 171 Å². The van der Waals surface area contributed by atoms with Gasteiger partial charge in [-0.15, -0.1) is 0 Å². The number of hydrogen-bond donors (Lipinski definition) is 1. The second-order valence-electron chi connectivity index (χ2n) is 6.54. The van der Waals surface area contributed by atoms with Crippen molar-refractivity contribution in [2.45, 2.75) is 19.4 Å². The van der Waals surface area contributed by atoms with Crippen LogP contribution in [0.1, 0.15) is 12.5 Å². The molecular weight excluding hydrogens is 366 g/mol. The molecule has 5 nitrogen and oxygen atoms in total. The lowest BCUT2D eigenvalue weighted by Crippen LogP contribution is -2.30. The van der Waals surface area contributed by atoms with Crippen molar-refractivity contribution in [2.75, 3.05) is 19.0 Å². The first kappa shape index (κ1) is 20.3. The van der Waals surface area contributed by atoms with Crippen molar-refractivity contribution in [1.82, 2.24) is 0 Å². The van der Waals surface area contributed by atoms with Gasteiger partial charge in [0.1, 0.15) is 17.2 Å². The Morgan fingerprint density at radius 2 is 1.62 bits per heavy atom. The number of carbonyl (C=O) groups is 1. The zero-order valence-electron chi connectivity index (χ0n) is 16.6. The van der Waals surface area contributed by atoms with Crippen LogP contribution < -0.4 is 19.5 Å². The molecule has 5 heteroatoms. The van der Waals surface area contributed by atoms with Crippen LogP contribution in [-0.4, -0.2) is 25.7 Å². The van der Waals surface area contributed by atoms with Crippen LogP contribution in [0, 0.1) is 0 Å². The fourth-order valence-corrected chi connectivity index (χ4v) is 2.75. The Hall–Kier alpha value is -3.47. The summed E-state index contributed by atoms with van der Waals surface area (Å²) in [6.07, 6.45) is 0.176. The molecule has 1 atom stereocenters. The summed E-state index contributed by atoms with van der Waals surface area (Å²) in [4.78, 5) is 12.4. The van der Waals surface area contributed by atoms with E-state index < -0.39 is 6.10 Å². The van der Waals surface area contributed by atoms with Crippen LogP contribution in [0.2, 0.25) is 0 Å². The van der Waals surface area contributed by atoms with Gasteiger partial charge >= 0.3 is 0 Å². The van der Waals surface area contributed by atoms with E-state index in [1.165, 1.54) is 5.56 Å². The summed E-state index contributed by atoms with van der Waals surface area (Å²) in [6.45, 7) is 2.28. The Bertz CT molecular complexity index is 910. The monoisotopic (exact) mass is 391 g/mol. The number of hydrogen-bond acceptors (Lipinski definition) is 4. The average Bonchev–Trinajstić information content (AvgIpc) is 2.75. The number of ether oxygens (including phenoxy) is 3. The summed E-state index contributed by atoms with van der Waals surface area (Å²) in [7, 11) is 1.60. The van der Waals surface area contributed by atoms with E-state index in [9.17, 15) is 4.79 Å². The highest BCUT2D eigenvalue weighted by atomic mass is 16.5. The molecule has 1 N–H and O–H groups in total. The molecule has 0 fully saturated rings. The molecule has 0 bridgehead atoms. The van der Waals surface area contributed by atoms with Crippen LogP contribution >= 0.6 is 0 Å². The van der Waals surface area contributed by atoms with E-state index in [1.807, 2.05) is 42.5 Å². The minimum atomic E-state index is -0.647. The molecule has 0 aliphatic heterocycles. The third kappa shape index (κ3) is 6.28. The van der Waals surface area contributed by atoms with Crippen LogP contribution in [0.3, 0.4) is 0 Å². The first-order valence-corrected chi connectivity index (χ1v) is 9.52. The highest BCUT2D eigenvalue weighted by molar-refractivity contribution is 5.94. The third-order valence-electron chi connectivity index (χ3n) is 4.35. The van der Waals surface area contributed by atoms with Crippen molar-refractivity contribution < 1.29 is 19.0 Å². The highest BCUT2D eigenvalue weighted by Gasteiger charge is 2.15. The second kappa shape index (κ2) is 10.2. The van der Waals surface area contributed by atoms with E-state index in [0.29, 0.717) is 23.8 Å². The Morgan fingerprint density at radius 3 is 2.34 bits per heavy atom. The van der Waals surface area contributed by atoms with E-state index in [1.54, 1.807) is 38.3 Å². The van der Waals surface area contributed by atoms with Gasteiger partial charge in [0.05, 0.1) is 13.7 Å². The summed E-state index contributed by atoms with van der Waals surface area (Å²) in [5.74, 6) is 1.81. The van der Waals surface area contributed by atoms with Crippen molar-refractivity contribution >= 4 is 11.6 Å². The van der Waals surface area contributed by atoms with Crippen LogP contribution in [0.15, 0.2) is 78.9 Å². The lowest BCUT2D eigenvalue weighted by atomic mass is 10.2. The van der Waals surface area contributed by atoms with Crippen LogP contribution in [0.4, 0.5) is 5.69 Å². The number of anilines is 1. The van der Waals surface area contributed by atoms with Crippen molar-refractivity contribution in [1.29, 1.82) is 0 Å². The van der Waals surface area contributed by atoms with Gasteiger partial charge in [0.2, 0.25) is 0 Å². The van der Waals surface area contributed by atoms with Gasteiger partial charge in [-0.1, -0.05) is 36.4 Å². The van der Waals surface area contributed by atoms with Gasteiger partial charge in [-0.3, -0.25) is 4.79 Å². The summed E-state index contributed by atoms with van der Waals surface area (Å²) in [5.41, 5.74) is 1.89. The normalized spacial score (nSPS) is 11.4. The quantitative estimate of drug-likeness (QED) is 0.573. The van der Waals surface area contributed by atoms with Crippen molar-refractivity contribution in [3.63, 3.8) is 0 Å². The fraction of sp³-hybridized carbons (Fsp3) is 0.208. The molecule has 0 radical (unpaired) electrons. The molecule has 1 unspecified atom stereocenters. The summed E-state index contributed by atoms with van der Waals surface area (Å²) in [6, 6.07) is 24.6. The lowest BCUT2D eigenvalue weighted by Gasteiger charge is -2.15. The molecule has 29 heavy (non-hydrogen) atoms. The van der Waals surface area contributed by atoms with Crippen LogP contribution in [-0.2, 0) is 11.2 Å². The minimum absolute atomic E-state index is 0.234. The third-order valence-corrected chi connectivity index (χ3v) is 4.35. The number of rotatable bonds is 9. The molecule has 0 heterocycles.